The summed E-state index contributed by atoms with van der Waals surface area (Å²) < 4.78 is 10.3. The van der Waals surface area contributed by atoms with Crippen LogP contribution in [0.5, 0.6) is 5.75 Å². The summed E-state index contributed by atoms with van der Waals surface area (Å²) in [6.45, 7) is 2.68. The van der Waals surface area contributed by atoms with E-state index in [0.29, 0.717) is 12.2 Å². The number of methoxy groups -OCH3 is 1. The third kappa shape index (κ3) is 5.49. The Morgan fingerprint density at radius 1 is 1.13 bits per heavy atom. The molecule has 2 aromatic rings. The number of carbonyl (C=O) groups excluding carboxylic acids is 1. The highest BCUT2D eigenvalue weighted by molar-refractivity contribution is 6.30. The summed E-state index contributed by atoms with van der Waals surface area (Å²) in [5.74, 6) is 0.383. The molecule has 23 heavy (non-hydrogen) atoms. The minimum atomic E-state index is -0.350. The van der Waals surface area contributed by atoms with Gasteiger partial charge in [-0.25, -0.2) is 4.79 Å². The zero-order chi connectivity index (χ0) is 16.7. The topological polar surface area (TPSA) is 47.6 Å². The first-order valence-electron chi connectivity index (χ1n) is 7.42. The van der Waals surface area contributed by atoms with Crippen molar-refractivity contribution in [3.63, 3.8) is 0 Å². The molecule has 0 aliphatic rings. The molecule has 0 bridgehead atoms. The lowest BCUT2D eigenvalue weighted by molar-refractivity contribution is 0.0600. The Balaban J connectivity index is 1.75. The molecule has 0 aliphatic heterocycles. The molecule has 1 unspecified atom stereocenters. The van der Waals surface area contributed by atoms with Crippen molar-refractivity contribution in [1.82, 2.24) is 0 Å². The summed E-state index contributed by atoms with van der Waals surface area (Å²) in [6, 6.07) is 14.8. The fourth-order valence-electron chi connectivity index (χ4n) is 2.06. The molecule has 0 amide bonds. The normalized spacial score (nSPS) is 11.6. The lowest BCUT2D eigenvalue weighted by Crippen LogP contribution is -2.18. The number of esters is 1. The second kappa shape index (κ2) is 8.44. The van der Waals surface area contributed by atoms with Gasteiger partial charge >= 0.3 is 5.97 Å². The fraction of sp³-hybridized carbons (Fsp3) is 0.278. The van der Waals surface area contributed by atoms with Crippen molar-refractivity contribution < 1.29 is 14.3 Å². The number of hydrogen-bond acceptors (Lipinski definition) is 4. The van der Waals surface area contributed by atoms with E-state index in [1.165, 1.54) is 7.11 Å². The van der Waals surface area contributed by atoms with Gasteiger partial charge in [0, 0.05) is 23.2 Å². The highest BCUT2D eigenvalue weighted by Crippen LogP contribution is 2.16. The van der Waals surface area contributed by atoms with Crippen LogP contribution in [0, 0.1) is 0 Å². The van der Waals surface area contributed by atoms with Crippen molar-refractivity contribution in [2.24, 2.45) is 0 Å². The van der Waals surface area contributed by atoms with E-state index in [9.17, 15) is 4.79 Å². The maximum atomic E-state index is 11.3. The minimum absolute atomic E-state index is 0.269. The van der Waals surface area contributed by atoms with Crippen molar-refractivity contribution in [3.05, 3.63) is 59.1 Å². The number of nitrogens with one attached hydrogen (secondary N) is 1. The second-order valence-electron chi connectivity index (χ2n) is 5.21. The fourth-order valence-corrected chi connectivity index (χ4v) is 2.19. The van der Waals surface area contributed by atoms with Gasteiger partial charge in [0.1, 0.15) is 5.75 Å². The Bertz CT molecular complexity index is 626. The first-order chi connectivity index (χ1) is 11.1. The zero-order valence-electron chi connectivity index (χ0n) is 13.2. The number of benzene rings is 2. The number of carbonyl (C=O) groups is 1. The van der Waals surface area contributed by atoms with Gasteiger partial charge in [-0.15, -0.1) is 0 Å². The molecule has 0 heterocycles. The smallest absolute Gasteiger partial charge is 0.337 e. The molecule has 2 aromatic carbocycles. The third-order valence-electron chi connectivity index (χ3n) is 3.35. The van der Waals surface area contributed by atoms with Crippen LogP contribution in [0.2, 0.25) is 5.02 Å². The van der Waals surface area contributed by atoms with Crippen molar-refractivity contribution in [1.29, 1.82) is 0 Å². The predicted molar refractivity (Wildman–Crippen MR) is 92.4 cm³/mol. The number of rotatable bonds is 7. The number of hydrogen-bond donors (Lipinski definition) is 1. The quantitative estimate of drug-likeness (QED) is 0.763. The van der Waals surface area contributed by atoms with Gasteiger partial charge in [-0.1, -0.05) is 11.6 Å². The van der Waals surface area contributed by atoms with E-state index in [-0.39, 0.29) is 12.0 Å². The summed E-state index contributed by atoms with van der Waals surface area (Å²) in [6.07, 6.45) is 0.849. The van der Waals surface area contributed by atoms with Crippen LogP contribution in [-0.2, 0) is 4.74 Å². The van der Waals surface area contributed by atoms with Gasteiger partial charge < -0.3 is 14.8 Å². The van der Waals surface area contributed by atoms with Crippen LogP contribution in [0.25, 0.3) is 0 Å². The summed E-state index contributed by atoms with van der Waals surface area (Å²) in [5.41, 5.74) is 1.54. The van der Waals surface area contributed by atoms with E-state index in [2.05, 4.69) is 17.0 Å². The van der Waals surface area contributed by atoms with Gasteiger partial charge in [-0.2, -0.15) is 0 Å². The Labute approximate surface area is 141 Å². The molecule has 0 fully saturated rings. The van der Waals surface area contributed by atoms with Crippen molar-refractivity contribution in [2.45, 2.75) is 19.4 Å². The third-order valence-corrected chi connectivity index (χ3v) is 3.60. The first kappa shape index (κ1) is 17.2. The molecule has 0 saturated heterocycles. The lowest BCUT2D eigenvalue weighted by atomic mass is 10.2. The monoisotopic (exact) mass is 333 g/mol. The molecular weight excluding hydrogens is 314 g/mol. The SMILES string of the molecule is COC(=O)c1ccc(OCCC(C)Nc2ccc(Cl)cc2)cc1. The molecular formula is C18H20ClNO3. The Kier molecular flexibility index (Phi) is 6.29. The number of anilines is 1. The van der Waals surface area contributed by atoms with E-state index >= 15 is 0 Å². The molecule has 122 valence electrons. The second-order valence-corrected chi connectivity index (χ2v) is 5.64. The van der Waals surface area contributed by atoms with Gasteiger partial charge in [-0.3, -0.25) is 0 Å². The Morgan fingerprint density at radius 2 is 1.78 bits per heavy atom. The summed E-state index contributed by atoms with van der Waals surface area (Å²) in [7, 11) is 1.36. The molecule has 0 saturated carbocycles. The van der Waals surface area contributed by atoms with Crippen molar-refractivity contribution in [3.8, 4) is 5.75 Å². The number of halogens is 1. The van der Waals surface area contributed by atoms with Crippen LogP contribution in [-0.4, -0.2) is 25.7 Å². The van der Waals surface area contributed by atoms with Crippen molar-refractivity contribution >= 4 is 23.3 Å². The molecule has 2 rings (SSSR count). The first-order valence-corrected chi connectivity index (χ1v) is 7.79. The van der Waals surface area contributed by atoms with Gasteiger partial charge in [0.25, 0.3) is 0 Å². The van der Waals surface area contributed by atoms with Crippen molar-refractivity contribution in [2.75, 3.05) is 19.0 Å². The van der Waals surface area contributed by atoms with E-state index in [1.54, 1.807) is 24.3 Å². The Hall–Kier alpha value is -2.20. The van der Waals surface area contributed by atoms with E-state index in [1.807, 2.05) is 24.3 Å². The highest BCUT2D eigenvalue weighted by atomic mass is 35.5. The molecule has 4 nitrogen and oxygen atoms in total. The largest absolute Gasteiger partial charge is 0.494 e. The van der Waals surface area contributed by atoms with Crippen LogP contribution in [0.3, 0.4) is 0 Å². The minimum Gasteiger partial charge on any atom is -0.494 e. The molecule has 5 heteroatoms. The van der Waals surface area contributed by atoms with Gasteiger partial charge in [0.15, 0.2) is 0 Å². The standard InChI is InChI=1S/C18H20ClNO3/c1-13(20-16-7-5-15(19)6-8-16)11-12-23-17-9-3-14(4-10-17)18(21)22-2/h3-10,13,20H,11-12H2,1-2H3. The van der Waals surface area contributed by atoms with Gasteiger partial charge in [0.2, 0.25) is 0 Å². The molecule has 0 aliphatic carbocycles. The maximum absolute atomic E-state index is 11.3. The molecule has 0 radical (unpaired) electrons. The molecule has 1 N–H and O–H groups in total. The van der Waals surface area contributed by atoms with Gasteiger partial charge in [0.05, 0.1) is 19.3 Å². The average molecular weight is 334 g/mol. The van der Waals surface area contributed by atoms with Crippen LogP contribution < -0.4 is 10.1 Å². The number of ether oxygens (including phenoxy) is 2. The average Bonchev–Trinajstić information content (AvgIpc) is 2.57. The Morgan fingerprint density at radius 3 is 2.39 bits per heavy atom. The van der Waals surface area contributed by atoms with E-state index in [4.69, 9.17) is 16.3 Å². The lowest BCUT2D eigenvalue weighted by Gasteiger charge is -2.15. The van der Waals surface area contributed by atoms with Crippen LogP contribution in [0.4, 0.5) is 5.69 Å². The molecule has 0 spiro atoms. The summed E-state index contributed by atoms with van der Waals surface area (Å²) in [4.78, 5) is 11.3. The van der Waals surface area contributed by atoms with E-state index in [0.717, 1.165) is 22.9 Å². The summed E-state index contributed by atoms with van der Waals surface area (Å²) in [5, 5.41) is 4.11. The van der Waals surface area contributed by atoms with Gasteiger partial charge in [-0.05, 0) is 55.5 Å². The van der Waals surface area contributed by atoms with Crippen LogP contribution in [0.1, 0.15) is 23.7 Å². The molecule has 1 atom stereocenters. The van der Waals surface area contributed by atoms with E-state index < -0.39 is 0 Å². The predicted octanol–water partition coefficient (Wildman–Crippen LogP) is 4.40. The van der Waals surface area contributed by atoms with Crippen LogP contribution in [0.15, 0.2) is 48.5 Å². The molecule has 0 aromatic heterocycles. The van der Waals surface area contributed by atoms with Crippen LogP contribution >= 0.6 is 11.6 Å². The summed E-state index contributed by atoms with van der Waals surface area (Å²) >= 11 is 5.86. The maximum Gasteiger partial charge on any atom is 0.337 e. The highest BCUT2D eigenvalue weighted by Gasteiger charge is 2.06. The zero-order valence-corrected chi connectivity index (χ0v) is 14.0.